The molecule has 0 aliphatic carbocycles. The highest BCUT2D eigenvalue weighted by Crippen LogP contribution is 2.53. The second-order valence-corrected chi connectivity index (χ2v) is 9.95. The quantitative estimate of drug-likeness (QED) is 0.118. The average molecular weight is 607 g/mol. The number of phenolic OH excluding ortho intramolecular Hbond substituents is 2. The third-order valence-corrected chi connectivity index (χ3v) is 7.01. The van der Waals surface area contributed by atoms with Crippen LogP contribution >= 0.6 is 0 Å². The Kier molecular flexibility index (Phi) is 9.60. The molecule has 1 fully saturated rings. The van der Waals surface area contributed by atoms with Gasteiger partial charge in [0.2, 0.25) is 0 Å². The summed E-state index contributed by atoms with van der Waals surface area (Å²) in [6.07, 6.45) is -10.4. The van der Waals surface area contributed by atoms with Crippen LogP contribution in [0.1, 0.15) is 56.7 Å². The van der Waals surface area contributed by atoms with Crippen LogP contribution < -0.4 is 10.1 Å². The highest BCUT2D eigenvalue weighted by atomic mass is 19.4. The lowest BCUT2D eigenvalue weighted by molar-refractivity contribution is -0.388. The van der Waals surface area contributed by atoms with Crippen LogP contribution in [-0.4, -0.2) is 59.2 Å². The van der Waals surface area contributed by atoms with E-state index in [1.165, 1.54) is 25.1 Å². The summed E-state index contributed by atoms with van der Waals surface area (Å²) >= 11 is 0. The molecule has 232 valence electrons. The lowest BCUT2D eigenvalue weighted by atomic mass is 9.89. The first kappa shape index (κ1) is 32.8. The van der Waals surface area contributed by atoms with E-state index in [1.807, 2.05) is 0 Å². The number of nitrogens with zero attached hydrogens (tertiary/aromatic N) is 1. The van der Waals surface area contributed by atoms with E-state index in [-0.39, 0.29) is 48.6 Å². The first-order chi connectivity index (χ1) is 19.5. The van der Waals surface area contributed by atoms with Gasteiger partial charge in [0.1, 0.15) is 11.3 Å². The summed E-state index contributed by atoms with van der Waals surface area (Å²) < 4.78 is 93.2. The molecular weight excluding hydrogens is 574 g/mol. The molecule has 3 rings (SSSR count). The van der Waals surface area contributed by atoms with Gasteiger partial charge in [-0.2, -0.15) is 26.3 Å². The van der Waals surface area contributed by atoms with Gasteiger partial charge in [0.05, 0.1) is 6.61 Å². The van der Waals surface area contributed by atoms with Crippen molar-refractivity contribution in [3.8, 4) is 17.2 Å². The normalized spacial score (nSPS) is 18.0. The smallest absolute Gasteiger partial charge is 0.430 e. The number of benzene rings is 2. The number of phenols is 2. The van der Waals surface area contributed by atoms with Crippen molar-refractivity contribution in [1.82, 2.24) is 10.2 Å². The number of alkyl halides is 6. The highest BCUT2D eigenvalue weighted by Gasteiger charge is 2.73. The van der Waals surface area contributed by atoms with Crippen molar-refractivity contribution in [3.63, 3.8) is 0 Å². The van der Waals surface area contributed by atoms with Crippen molar-refractivity contribution in [3.05, 3.63) is 53.1 Å². The molecule has 3 amide bonds. The van der Waals surface area contributed by atoms with E-state index in [2.05, 4.69) is 10.1 Å². The molecule has 14 heteroatoms. The van der Waals surface area contributed by atoms with Crippen LogP contribution in [0.15, 0.2) is 36.4 Å². The lowest BCUT2D eigenvalue weighted by Crippen LogP contribution is -2.56. The van der Waals surface area contributed by atoms with E-state index in [9.17, 15) is 46.1 Å². The number of aryl methyl sites for hydroxylation is 1. The number of hydrogen-bond acceptors (Lipinski definition) is 6. The number of amides is 3. The van der Waals surface area contributed by atoms with E-state index in [0.717, 1.165) is 24.0 Å². The van der Waals surface area contributed by atoms with E-state index in [4.69, 9.17) is 4.74 Å². The molecule has 2 aromatic carbocycles. The van der Waals surface area contributed by atoms with E-state index in [0.29, 0.717) is 18.9 Å². The molecule has 1 aliphatic rings. The van der Waals surface area contributed by atoms with E-state index in [1.54, 1.807) is 6.92 Å². The van der Waals surface area contributed by atoms with Gasteiger partial charge >= 0.3 is 18.4 Å². The number of ether oxygens (including phenoxy) is 2. The second kappa shape index (κ2) is 12.3. The topological polar surface area (TPSA) is 108 Å². The number of rotatable bonds is 12. The zero-order valence-corrected chi connectivity index (χ0v) is 23.2. The second-order valence-electron chi connectivity index (χ2n) is 9.95. The van der Waals surface area contributed by atoms with Gasteiger partial charge < -0.3 is 25.0 Å². The Bertz CT molecular complexity index is 1280. The zero-order chi connectivity index (χ0) is 31.5. The third-order valence-electron chi connectivity index (χ3n) is 7.01. The Morgan fingerprint density at radius 1 is 0.929 bits per heavy atom. The number of imide groups is 1. The zero-order valence-electron chi connectivity index (χ0n) is 23.2. The summed E-state index contributed by atoms with van der Waals surface area (Å²) in [4.78, 5) is 26.5. The molecule has 1 saturated heterocycles. The van der Waals surface area contributed by atoms with Crippen LogP contribution in [0.3, 0.4) is 0 Å². The maximum absolute atomic E-state index is 13.9. The minimum absolute atomic E-state index is 0.00246. The molecule has 0 radical (unpaired) electrons. The highest BCUT2D eigenvalue weighted by molar-refractivity contribution is 6.07. The number of aromatic hydroxyl groups is 2. The molecule has 0 aromatic heterocycles. The van der Waals surface area contributed by atoms with Gasteiger partial charge in [-0.15, -0.1) is 0 Å². The Hall–Kier alpha value is -3.68. The molecular formula is C28H32F6N2O6. The molecule has 3 N–H and O–H groups in total. The van der Waals surface area contributed by atoms with Gasteiger partial charge in [0.25, 0.3) is 11.5 Å². The molecule has 1 atom stereocenters. The number of unbranched alkanes of at least 4 members (excludes halogenated alkanes) is 1. The van der Waals surface area contributed by atoms with Crippen LogP contribution in [0.5, 0.6) is 17.2 Å². The minimum Gasteiger partial charge on any atom is -0.504 e. The number of carbonyl (C=O) groups excluding carboxylic acids is 2. The minimum atomic E-state index is -5.77. The Balaban J connectivity index is 1.69. The molecule has 1 unspecified atom stereocenters. The van der Waals surface area contributed by atoms with Gasteiger partial charge in [-0.05, 0) is 68.5 Å². The fraction of sp³-hybridized carbons (Fsp3) is 0.500. The molecule has 8 nitrogen and oxygen atoms in total. The number of urea groups is 1. The Labute approximate surface area is 238 Å². The van der Waals surface area contributed by atoms with Crippen LogP contribution in [0.2, 0.25) is 0 Å². The van der Waals surface area contributed by atoms with Gasteiger partial charge in [0, 0.05) is 18.7 Å². The molecule has 0 spiro atoms. The van der Waals surface area contributed by atoms with Crippen LogP contribution in [0.25, 0.3) is 0 Å². The van der Waals surface area contributed by atoms with Crippen molar-refractivity contribution < 1.29 is 55.6 Å². The largest absolute Gasteiger partial charge is 0.504 e. The summed E-state index contributed by atoms with van der Waals surface area (Å²) in [5.74, 6) is -1.30. The maximum Gasteiger partial charge on any atom is 0.430 e. The SMILES string of the molecule is CCCc1cc(C(OCC)(C(F)(F)F)C(F)(F)F)ccc1OCCCCN1C(=O)NC(C)(c2ccc(O)c(O)c2)C1=O. The van der Waals surface area contributed by atoms with Gasteiger partial charge in [0.15, 0.2) is 11.5 Å². The van der Waals surface area contributed by atoms with Crippen molar-refractivity contribution in [2.75, 3.05) is 19.8 Å². The van der Waals surface area contributed by atoms with Crippen LogP contribution in [0, 0.1) is 0 Å². The number of halogens is 6. The van der Waals surface area contributed by atoms with Crippen molar-refractivity contribution in [1.29, 1.82) is 0 Å². The average Bonchev–Trinajstić information content (AvgIpc) is 3.11. The maximum atomic E-state index is 13.9. The monoisotopic (exact) mass is 606 g/mol. The van der Waals surface area contributed by atoms with E-state index < -0.39 is 53.4 Å². The molecule has 0 saturated carbocycles. The Morgan fingerprint density at radius 2 is 1.60 bits per heavy atom. The van der Waals surface area contributed by atoms with Crippen molar-refractivity contribution in [2.45, 2.75) is 69.9 Å². The fourth-order valence-electron chi connectivity index (χ4n) is 4.84. The first-order valence-electron chi connectivity index (χ1n) is 13.2. The van der Waals surface area contributed by atoms with Crippen molar-refractivity contribution in [2.24, 2.45) is 0 Å². The van der Waals surface area contributed by atoms with Crippen LogP contribution in [-0.2, 0) is 27.1 Å². The number of hydrogen-bond donors (Lipinski definition) is 3. The first-order valence-corrected chi connectivity index (χ1v) is 13.2. The molecule has 1 heterocycles. The molecule has 2 aromatic rings. The predicted octanol–water partition coefficient (Wildman–Crippen LogP) is 6.03. The summed E-state index contributed by atoms with van der Waals surface area (Å²) in [7, 11) is 0. The van der Waals surface area contributed by atoms with E-state index >= 15 is 0 Å². The summed E-state index contributed by atoms with van der Waals surface area (Å²) in [5, 5.41) is 21.9. The molecule has 42 heavy (non-hydrogen) atoms. The predicted molar refractivity (Wildman–Crippen MR) is 138 cm³/mol. The van der Waals surface area contributed by atoms with Crippen molar-refractivity contribution >= 4 is 11.9 Å². The summed E-state index contributed by atoms with van der Waals surface area (Å²) in [5.41, 5.74) is -6.65. The van der Waals surface area contributed by atoms with Crippen LogP contribution in [0.4, 0.5) is 31.1 Å². The van der Waals surface area contributed by atoms with Gasteiger partial charge in [-0.3, -0.25) is 9.69 Å². The number of nitrogens with one attached hydrogen (secondary N) is 1. The molecule has 1 aliphatic heterocycles. The standard InChI is InChI=1S/C28H32F6N2O6/c1-4-8-17-15-19(26(42-5-2,27(29,30)31)28(32,33)34)10-12-22(17)41-14-7-6-13-36-23(39)25(3,35-24(36)40)18-9-11-20(37)21(38)16-18/h9-12,15-16,37-38H,4-8,13-14H2,1-3H3,(H,35,40). The molecule has 0 bridgehead atoms. The fourth-order valence-corrected chi connectivity index (χ4v) is 4.84. The van der Waals surface area contributed by atoms with Gasteiger partial charge in [-0.1, -0.05) is 25.5 Å². The number of carbonyl (C=O) groups is 2. The Morgan fingerprint density at radius 3 is 2.17 bits per heavy atom. The third kappa shape index (κ3) is 6.08. The lowest BCUT2D eigenvalue weighted by Gasteiger charge is -2.37. The summed E-state index contributed by atoms with van der Waals surface area (Å²) in [6, 6.07) is 5.66. The van der Waals surface area contributed by atoms with Gasteiger partial charge in [-0.25, -0.2) is 4.79 Å². The summed E-state index contributed by atoms with van der Waals surface area (Å²) in [6.45, 7) is 3.41.